The van der Waals surface area contributed by atoms with Crippen LogP contribution in [0.5, 0.6) is 0 Å². The van der Waals surface area contributed by atoms with Crippen molar-refractivity contribution in [3.8, 4) is 11.1 Å². The predicted molar refractivity (Wildman–Crippen MR) is 89.9 cm³/mol. The molecule has 0 N–H and O–H groups in total. The number of ether oxygens (including phenoxy) is 2. The maximum Gasteiger partial charge on any atom is 0.357 e. The smallest absolute Gasteiger partial charge is 0.357 e. The Hall–Kier alpha value is -3.21. The number of carbonyl (C=O) groups is 2. The van der Waals surface area contributed by atoms with Crippen LogP contribution in [0.25, 0.3) is 22.0 Å². The van der Waals surface area contributed by atoms with Gasteiger partial charge in [-0.3, -0.25) is 0 Å². The fraction of sp³-hybridized carbons (Fsp3) is 0.105. The van der Waals surface area contributed by atoms with E-state index in [4.69, 9.17) is 9.47 Å². The summed E-state index contributed by atoms with van der Waals surface area (Å²) in [6.45, 7) is 0. The van der Waals surface area contributed by atoms with E-state index < -0.39 is 11.9 Å². The Morgan fingerprint density at radius 1 is 0.833 bits per heavy atom. The van der Waals surface area contributed by atoms with Crippen LogP contribution in [-0.2, 0) is 9.47 Å². The number of carbonyl (C=O) groups excluding carboxylic acids is 2. The summed E-state index contributed by atoms with van der Waals surface area (Å²) in [6, 6.07) is 16.7. The lowest BCUT2D eigenvalue weighted by Crippen LogP contribution is -2.16. The standard InChI is InChI=1S/C19H15NO4/c1-23-18(21)16-15(12-8-4-3-5-9-12)13-10-6-7-11-14(13)20-17(16)19(22)24-2/h3-11H,1-2H3. The molecular weight excluding hydrogens is 306 g/mol. The van der Waals surface area contributed by atoms with Crippen LogP contribution in [0.3, 0.4) is 0 Å². The summed E-state index contributed by atoms with van der Waals surface area (Å²) in [6.07, 6.45) is 0. The van der Waals surface area contributed by atoms with Gasteiger partial charge in [0.25, 0.3) is 0 Å². The Kier molecular flexibility index (Phi) is 4.24. The van der Waals surface area contributed by atoms with Gasteiger partial charge < -0.3 is 9.47 Å². The first-order chi connectivity index (χ1) is 11.7. The van der Waals surface area contributed by atoms with Gasteiger partial charge in [-0.1, -0.05) is 48.5 Å². The van der Waals surface area contributed by atoms with Crippen molar-refractivity contribution in [2.45, 2.75) is 0 Å². The number of aromatic nitrogens is 1. The van der Waals surface area contributed by atoms with Gasteiger partial charge in [-0.2, -0.15) is 0 Å². The minimum Gasteiger partial charge on any atom is -0.465 e. The first kappa shape index (κ1) is 15.7. The molecule has 24 heavy (non-hydrogen) atoms. The lowest BCUT2D eigenvalue weighted by atomic mass is 9.94. The van der Waals surface area contributed by atoms with Gasteiger partial charge in [-0.25, -0.2) is 14.6 Å². The van der Waals surface area contributed by atoms with Crippen molar-refractivity contribution < 1.29 is 19.1 Å². The van der Waals surface area contributed by atoms with Gasteiger partial charge in [0.15, 0.2) is 5.69 Å². The highest BCUT2D eigenvalue weighted by Crippen LogP contribution is 2.33. The summed E-state index contributed by atoms with van der Waals surface area (Å²) >= 11 is 0. The van der Waals surface area contributed by atoms with Crippen molar-refractivity contribution in [3.05, 3.63) is 65.9 Å². The molecule has 120 valence electrons. The minimum atomic E-state index is -0.682. The number of methoxy groups -OCH3 is 2. The Bertz CT molecular complexity index is 919. The van der Waals surface area contributed by atoms with Crippen LogP contribution in [-0.4, -0.2) is 31.1 Å². The van der Waals surface area contributed by atoms with E-state index in [-0.39, 0.29) is 11.3 Å². The molecule has 0 spiro atoms. The second-order valence-corrected chi connectivity index (χ2v) is 5.08. The van der Waals surface area contributed by atoms with E-state index >= 15 is 0 Å². The van der Waals surface area contributed by atoms with Gasteiger partial charge in [0, 0.05) is 10.9 Å². The van der Waals surface area contributed by atoms with Crippen molar-refractivity contribution in [2.24, 2.45) is 0 Å². The lowest BCUT2D eigenvalue weighted by Gasteiger charge is -2.15. The molecule has 0 saturated heterocycles. The van der Waals surface area contributed by atoms with E-state index in [0.29, 0.717) is 11.1 Å². The lowest BCUT2D eigenvalue weighted by molar-refractivity contribution is 0.0551. The van der Waals surface area contributed by atoms with Gasteiger partial charge in [0.2, 0.25) is 0 Å². The summed E-state index contributed by atoms with van der Waals surface area (Å²) < 4.78 is 9.70. The van der Waals surface area contributed by atoms with Crippen molar-refractivity contribution >= 4 is 22.8 Å². The average Bonchev–Trinajstić information content (AvgIpc) is 2.65. The minimum absolute atomic E-state index is 0.0538. The van der Waals surface area contributed by atoms with E-state index in [9.17, 15) is 9.59 Å². The first-order valence-corrected chi connectivity index (χ1v) is 7.32. The summed E-state index contributed by atoms with van der Waals surface area (Å²) in [5.41, 5.74) is 2.05. The number of para-hydroxylation sites is 1. The van der Waals surface area contributed by atoms with Gasteiger partial charge in [-0.15, -0.1) is 0 Å². The second-order valence-electron chi connectivity index (χ2n) is 5.08. The number of rotatable bonds is 3. The molecule has 0 bridgehead atoms. The Morgan fingerprint density at radius 3 is 2.12 bits per heavy atom. The third kappa shape index (κ3) is 2.60. The van der Waals surface area contributed by atoms with Crippen molar-refractivity contribution in [3.63, 3.8) is 0 Å². The summed E-state index contributed by atoms with van der Waals surface area (Å²) in [4.78, 5) is 28.9. The normalized spacial score (nSPS) is 10.4. The van der Waals surface area contributed by atoms with Gasteiger partial charge in [-0.05, 0) is 11.6 Å². The number of benzene rings is 2. The molecule has 0 atom stereocenters. The molecule has 1 heterocycles. The van der Waals surface area contributed by atoms with Crippen LogP contribution >= 0.6 is 0 Å². The molecule has 3 aromatic rings. The third-order valence-corrected chi connectivity index (χ3v) is 3.72. The summed E-state index contributed by atoms with van der Waals surface area (Å²) in [5.74, 6) is -1.31. The van der Waals surface area contributed by atoms with Crippen molar-refractivity contribution in [1.82, 2.24) is 4.98 Å². The van der Waals surface area contributed by atoms with Gasteiger partial charge in [0.05, 0.1) is 19.7 Å². The van der Waals surface area contributed by atoms with Crippen LogP contribution < -0.4 is 0 Å². The SMILES string of the molecule is COC(=O)c1nc2ccccc2c(-c2ccccc2)c1C(=O)OC. The number of hydrogen-bond donors (Lipinski definition) is 0. The molecule has 2 aromatic carbocycles. The molecule has 1 aromatic heterocycles. The fourth-order valence-corrected chi connectivity index (χ4v) is 2.66. The van der Waals surface area contributed by atoms with Crippen molar-refractivity contribution in [2.75, 3.05) is 14.2 Å². The number of fused-ring (bicyclic) bond motifs is 1. The topological polar surface area (TPSA) is 65.5 Å². The van der Waals surface area contributed by atoms with Crippen LogP contribution in [0.1, 0.15) is 20.8 Å². The predicted octanol–water partition coefficient (Wildman–Crippen LogP) is 3.48. The molecule has 0 saturated carbocycles. The maximum absolute atomic E-state index is 12.4. The van der Waals surface area contributed by atoms with E-state index in [1.807, 2.05) is 48.5 Å². The molecule has 5 nitrogen and oxygen atoms in total. The molecule has 0 radical (unpaired) electrons. The zero-order valence-electron chi connectivity index (χ0n) is 13.3. The molecule has 0 aliphatic heterocycles. The Morgan fingerprint density at radius 2 is 1.46 bits per heavy atom. The van der Waals surface area contributed by atoms with E-state index in [1.165, 1.54) is 14.2 Å². The largest absolute Gasteiger partial charge is 0.465 e. The molecule has 3 rings (SSSR count). The van der Waals surface area contributed by atoms with Crippen LogP contribution in [0.4, 0.5) is 0 Å². The molecule has 5 heteroatoms. The number of pyridine rings is 1. The van der Waals surface area contributed by atoms with Gasteiger partial charge >= 0.3 is 11.9 Å². The zero-order chi connectivity index (χ0) is 17.1. The molecular formula is C19H15NO4. The van der Waals surface area contributed by atoms with Crippen LogP contribution in [0, 0.1) is 0 Å². The highest BCUT2D eigenvalue weighted by Gasteiger charge is 2.27. The first-order valence-electron chi connectivity index (χ1n) is 7.32. The average molecular weight is 321 g/mol. The van der Waals surface area contributed by atoms with Crippen molar-refractivity contribution in [1.29, 1.82) is 0 Å². The van der Waals surface area contributed by atoms with E-state index in [1.54, 1.807) is 6.07 Å². The molecule has 0 fully saturated rings. The summed E-state index contributed by atoms with van der Waals surface area (Å²) in [5, 5.41) is 0.761. The highest BCUT2D eigenvalue weighted by molar-refractivity contribution is 6.13. The molecule has 0 aliphatic rings. The molecule has 0 unspecified atom stereocenters. The van der Waals surface area contributed by atoms with E-state index in [0.717, 1.165) is 10.9 Å². The molecule has 0 aliphatic carbocycles. The molecule has 0 amide bonds. The second kappa shape index (κ2) is 6.50. The summed E-state index contributed by atoms with van der Waals surface area (Å²) in [7, 11) is 2.52. The highest BCUT2D eigenvalue weighted by atomic mass is 16.5. The number of esters is 2. The fourth-order valence-electron chi connectivity index (χ4n) is 2.66. The third-order valence-electron chi connectivity index (χ3n) is 3.72. The maximum atomic E-state index is 12.4. The number of hydrogen-bond acceptors (Lipinski definition) is 5. The van der Waals surface area contributed by atoms with Gasteiger partial charge in [0.1, 0.15) is 5.56 Å². The Labute approximate surface area is 138 Å². The van der Waals surface area contributed by atoms with E-state index in [2.05, 4.69) is 4.98 Å². The quantitative estimate of drug-likeness (QED) is 0.691. The zero-order valence-corrected chi connectivity index (χ0v) is 13.3. The Balaban J connectivity index is 2.49. The number of nitrogens with zero attached hydrogens (tertiary/aromatic N) is 1. The monoisotopic (exact) mass is 321 g/mol. The van der Waals surface area contributed by atoms with Crippen LogP contribution in [0.15, 0.2) is 54.6 Å². The van der Waals surface area contributed by atoms with Crippen LogP contribution in [0.2, 0.25) is 0 Å².